The molecule has 0 aliphatic carbocycles. The van der Waals surface area contributed by atoms with Gasteiger partial charge in [-0.1, -0.05) is 37.0 Å². The van der Waals surface area contributed by atoms with Crippen LogP contribution < -0.4 is 10.6 Å². The molecule has 0 fully saturated rings. The molecule has 1 aromatic carbocycles. The van der Waals surface area contributed by atoms with Gasteiger partial charge in [-0.15, -0.1) is 0 Å². The molecule has 2 amide bonds. The lowest BCUT2D eigenvalue weighted by molar-refractivity contribution is 0.250. The van der Waals surface area contributed by atoms with E-state index in [-0.39, 0.29) is 6.03 Å². The summed E-state index contributed by atoms with van der Waals surface area (Å²) in [7, 11) is 0. The first-order chi connectivity index (χ1) is 9.56. The molecule has 0 bridgehead atoms. The highest BCUT2D eigenvalue weighted by atomic mass is 35.5. The molecule has 0 aliphatic heterocycles. The van der Waals surface area contributed by atoms with Crippen LogP contribution in [0.25, 0.3) is 0 Å². The van der Waals surface area contributed by atoms with Crippen LogP contribution in [0.4, 0.5) is 10.5 Å². The molecular weight excluding hydrogens is 297 g/mol. The summed E-state index contributed by atoms with van der Waals surface area (Å²) in [5.74, 6) is 0. The Hall–Kier alpha value is -0.970. The number of amides is 2. The van der Waals surface area contributed by atoms with Crippen LogP contribution >= 0.6 is 23.2 Å². The predicted octanol–water partition coefficient (Wildman–Crippen LogP) is 3.85. The summed E-state index contributed by atoms with van der Waals surface area (Å²) in [4.78, 5) is 14.0. The van der Waals surface area contributed by atoms with Crippen LogP contribution in [-0.2, 0) is 0 Å². The summed E-state index contributed by atoms with van der Waals surface area (Å²) in [6.45, 7) is 7.92. The molecule has 0 unspecified atom stereocenters. The minimum Gasteiger partial charge on any atom is -0.338 e. The van der Waals surface area contributed by atoms with Crippen molar-refractivity contribution in [3.8, 4) is 0 Å². The van der Waals surface area contributed by atoms with E-state index in [1.165, 1.54) is 0 Å². The molecule has 0 heterocycles. The fourth-order valence-electron chi connectivity index (χ4n) is 1.80. The average Bonchev–Trinajstić information content (AvgIpc) is 2.43. The van der Waals surface area contributed by atoms with Crippen molar-refractivity contribution in [3.63, 3.8) is 0 Å². The number of carbonyl (C=O) groups excluding carboxylic acids is 1. The van der Waals surface area contributed by atoms with Gasteiger partial charge in [0.25, 0.3) is 0 Å². The Morgan fingerprint density at radius 1 is 1.25 bits per heavy atom. The quantitative estimate of drug-likeness (QED) is 0.750. The number of nitrogens with zero attached hydrogens (tertiary/aromatic N) is 1. The van der Waals surface area contributed by atoms with Gasteiger partial charge in [0.1, 0.15) is 0 Å². The van der Waals surface area contributed by atoms with Crippen LogP contribution in [0.15, 0.2) is 18.2 Å². The Balaban J connectivity index is 2.32. The zero-order chi connectivity index (χ0) is 15.0. The van der Waals surface area contributed by atoms with Crippen molar-refractivity contribution in [1.82, 2.24) is 10.2 Å². The van der Waals surface area contributed by atoms with Gasteiger partial charge in [0.2, 0.25) is 0 Å². The zero-order valence-electron chi connectivity index (χ0n) is 11.9. The largest absolute Gasteiger partial charge is 0.338 e. The minimum absolute atomic E-state index is 0.270. The van der Waals surface area contributed by atoms with E-state index in [0.717, 1.165) is 26.1 Å². The highest BCUT2D eigenvalue weighted by molar-refractivity contribution is 6.35. The van der Waals surface area contributed by atoms with E-state index in [1.54, 1.807) is 18.2 Å². The summed E-state index contributed by atoms with van der Waals surface area (Å²) >= 11 is 11.8. The topological polar surface area (TPSA) is 44.4 Å². The second-order valence-electron chi connectivity index (χ2n) is 4.39. The van der Waals surface area contributed by atoms with Gasteiger partial charge in [-0.05, 0) is 44.3 Å². The van der Waals surface area contributed by atoms with Crippen molar-refractivity contribution in [3.05, 3.63) is 28.2 Å². The second kappa shape index (κ2) is 9.06. The Morgan fingerprint density at radius 2 is 1.95 bits per heavy atom. The first kappa shape index (κ1) is 17.1. The van der Waals surface area contributed by atoms with Crippen LogP contribution in [0.3, 0.4) is 0 Å². The normalized spacial score (nSPS) is 10.7. The van der Waals surface area contributed by atoms with Gasteiger partial charge in [0.15, 0.2) is 0 Å². The van der Waals surface area contributed by atoms with Crippen molar-refractivity contribution in [2.75, 3.05) is 31.5 Å². The van der Waals surface area contributed by atoms with E-state index in [9.17, 15) is 4.79 Å². The molecule has 0 aromatic heterocycles. The third-order valence-electron chi connectivity index (χ3n) is 3.01. The van der Waals surface area contributed by atoms with Crippen LogP contribution in [0.5, 0.6) is 0 Å². The van der Waals surface area contributed by atoms with Gasteiger partial charge < -0.3 is 15.5 Å². The molecule has 1 aromatic rings. The van der Waals surface area contributed by atoms with Crippen molar-refractivity contribution in [2.24, 2.45) is 0 Å². The lowest BCUT2D eigenvalue weighted by Gasteiger charge is -2.17. The van der Waals surface area contributed by atoms with Crippen LogP contribution in [0, 0.1) is 0 Å². The number of hydrogen-bond donors (Lipinski definition) is 2. The molecule has 0 spiro atoms. The van der Waals surface area contributed by atoms with E-state index >= 15 is 0 Å². The van der Waals surface area contributed by atoms with E-state index in [1.807, 2.05) is 0 Å². The summed E-state index contributed by atoms with van der Waals surface area (Å²) in [6.07, 6.45) is 0.915. The van der Waals surface area contributed by atoms with E-state index in [4.69, 9.17) is 23.2 Å². The maximum absolute atomic E-state index is 11.7. The summed E-state index contributed by atoms with van der Waals surface area (Å²) < 4.78 is 0. The SMILES string of the molecule is CCN(CC)CCCNC(=O)Nc1cc(Cl)ccc1Cl. The molecule has 20 heavy (non-hydrogen) atoms. The fraction of sp³-hybridized carbons (Fsp3) is 0.500. The van der Waals surface area contributed by atoms with Crippen molar-refractivity contribution in [1.29, 1.82) is 0 Å². The predicted molar refractivity (Wildman–Crippen MR) is 85.9 cm³/mol. The van der Waals surface area contributed by atoms with Gasteiger partial charge in [-0.25, -0.2) is 4.79 Å². The summed E-state index contributed by atoms with van der Waals surface area (Å²) in [5, 5.41) is 6.49. The molecule has 2 N–H and O–H groups in total. The molecule has 0 radical (unpaired) electrons. The molecule has 0 saturated heterocycles. The van der Waals surface area contributed by atoms with Crippen LogP contribution in [0.2, 0.25) is 10.0 Å². The van der Waals surface area contributed by atoms with Crippen molar-refractivity contribution < 1.29 is 4.79 Å². The van der Waals surface area contributed by atoms with Gasteiger partial charge in [-0.2, -0.15) is 0 Å². The number of rotatable bonds is 7. The first-order valence-electron chi connectivity index (χ1n) is 6.79. The monoisotopic (exact) mass is 317 g/mol. The number of anilines is 1. The average molecular weight is 318 g/mol. The third kappa shape index (κ3) is 5.99. The summed E-state index contributed by atoms with van der Waals surface area (Å²) in [5.41, 5.74) is 0.514. The minimum atomic E-state index is -0.270. The molecule has 0 saturated carbocycles. The Morgan fingerprint density at radius 3 is 2.60 bits per heavy atom. The lowest BCUT2D eigenvalue weighted by Crippen LogP contribution is -2.32. The highest BCUT2D eigenvalue weighted by Gasteiger charge is 2.06. The van der Waals surface area contributed by atoms with Crippen LogP contribution in [0.1, 0.15) is 20.3 Å². The second-order valence-corrected chi connectivity index (χ2v) is 5.23. The maximum Gasteiger partial charge on any atom is 0.319 e. The lowest BCUT2D eigenvalue weighted by atomic mass is 10.3. The molecular formula is C14H21Cl2N3O. The third-order valence-corrected chi connectivity index (χ3v) is 3.57. The van der Waals surface area contributed by atoms with Gasteiger partial charge in [0.05, 0.1) is 10.7 Å². The first-order valence-corrected chi connectivity index (χ1v) is 7.54. The molecule has 0 aliphatic rings. The number of benzene rings is 1. The standard InChI is InChI=1S/C14H21Cl2N3O/c1-3-19(4-2)9-5-8-17-14(20)18-13-10-11(15)6-7-12(13)16/h6-7,10H,3-5,8-9H2,1-2H3,(H2,17,18,20). The summed E-state index contributed by atoms with van der Waals surface area (Å²) in [6, 6.07) is 4.68. The number of halogens is 2. The number of urea groups is 1. The number of carbonyl (C=O) groups is 1. The Labute approximate surface area is 130 Å². The zero-order valence-corrected chi connectivity index (χ0v) is 13.4. The van der Waals surface area contributed by atoms with E-state index < -0.39 is 0 Å². The smallest absolute Gasteiger partial charge is 0.319 e. The Kier molecular flexibility index (Phi) is 7.73. The van der Waals surface area contributed by atoms with Crippen molar-refractivity contribution >= 4 is 34.9 Å². The van der Waals surface area contributed by atoms with Gasteiger partial charge in [0, 0.05) is 11.6 Å². The molecule has 4 nitrogen and oxygen atoms in total. The van der Waals surface area contributed by atoms with Crippen LogP contribution in [-0.4, -0.2) is 37.1 Å². The maximum atomic E-state index is 11.7. The highest BCUT2D eigenvalue weighted by Crippen LogP contribution is 2.25. The van der Waals surface area contributed by atoms with E-state index in [2.05, 4.69) is 29.4 Å². The Bertz CT molecular complexity index is 436. The molecule has 6 heteroatoms. The molecule has 0 atom stereocenters. The number of nitrogens with one attached hydrogen (secondary N) is 2. The van der Waals surface area contributed by atoms with Gasteiger partial charge in [-0.3, -0.25) is 0 Å². The number of hydrogen-bond acceptors (Lipinski definition) is 2. The van der Waals surface area contributed by atoms with Gasteiger partial charge >= 0.3 is 6.03 Å². The van der Waals surface area contributed by atoms with E-state index in [0.29, 0.717) is 22.3 Å². The molecule has 112 valence electrons. The molecule has 1 rings (SSSR count). The fourth-order valence-corrected chi connectivity index (χ4v) is 2.14. The van der Waals surface area contributed by atoms with Crippen molar-refractivity contribution in [2.45, 2.75) is 20.3 Å².